The molecule has 4 nitrogen and oxygen atoms in total. The highest BCUT2D eigenvalue weighted by Crippen LogP contribution is 2.23. The van der Waals surface area contributed by atoms with Crippen molar-refractivity contribution in [1.82, 2.24) is 4.98 Å². The van der Waals surface area contributed by atoms with Crippen molar-refractivity contribution < 1.29 is 10.2 Å². The predicted octanol–water partition coefficient (Wildman–Crippen LogP) is 1.34. The molecular weight excluding hydrogens is 192 g/mol. The van der Waals surface area contributed by atoms with Gasteiger partial charge in [0.15, 0.2) is 0 Å². The fourth-order valence-corrected chi connectivity index (χ4v) is 1.41. The van der Waals surface area contributed by atoms with Crippen LogP contribution < -0.4 is 5.32 Å². The van der Waals surface area contributed by atoms with Crippen molar-refractivity contribution in [3.63, 3.8) is 0 Å². The largest absolute Gasteiger partial charge is 0.506 e. The number of aromatic nitrogens is 1. The number of aliphatic hydroxyl groups excluding tert-OH is 1. The lowest BCUT2D eigenvalue weighted by atomic mass is 10.2. The van der Waals surface area contributed by atoms with E-state index in [4.69, 9.17) is 5.11 Å². The highest BCUT2D eigenvalue weighted by molar-refractivity contribution is 5.85. The molecule has 0 saturated heterocycles. The van der Waals surface area contributed by atoms with Gasteiger partial charge in [0, 0.05) is 11.9 Å². The number of para-hydroxylation sites is 1. The van der Waals surface area contributed by atoms with Crippen molar-refractivity contribution in [2.75, 3.05) is 18.5 Å². The Labute approximate surface area is 87.2 Å². The van der Waals surface area contributed by atoms with Gasteiger partial charge in [0.25, 0.3) is 0 Å². The van der Waals surface area contributed by atoms with E-state index in [1.165, 1.54) is 0 Å². The molecule has 0 bridgehead atoms. The third-order valence-electron chi connectivity index (χ3n) is 2.12. The second kappa shape index (κ2) is 4.14. The van der Waals surface area contributed by atoms with Crippen molar-refractivity contribution >= 4 is 16.7 Å². The molecule has 1 aromatic carbocycles. The lowest BCUT2D eigenvalue weighted by Crippen LogP contribution is -2.06. The molecule has 0 aliphatic heterocycles. The molecule has 0 aliphatic carbocycles. The van der Waals surface area contributed by atoms with Crippen LogP contribution >= 0.6 is 0 Å². The van der Waals surface area contributed by atoms with E-state index in [1.807, 2.05) is 18.2 Å². The summed E-state index contributed by atoms with van der Waals surface area (Å²) in [4.78, 5) is 4.24. The highest BCUT2D eigenvalue weighted by Gasteiger charge is 2.01. The second-order valence-electron chi connectivity index (χ2n) is 3.20. The molecule has 0 unspecified atom stereocenters. The number of nitrogens with zero attached hydrogens (tertiary/aromatic N) is 1. The van der Waals surface area contributed by atoms with Crippen LogP contribution in [-0.2, 0) is 0 Å². The van der Waals surface area contributed by atoms with Crippen molar-refractivity contribution in [3.8, 4) is 5.75 Å². The summed E-state index contributed by atoms with van der Waals surface area (Å²) >= 11 is 0. The minimum Gasteiger partial charge on any atom is -0.506 e. The smallest absolute Gasteiger partial charge is 0.141 e. The van der Waals surface area contributed by atoms with Crippen LogP contribution in [0.3, 0.4) is 0 Å². The quantitative estimate of drug-likeness (QED) is 0.706. The molecule has 0 atom stereocenters. The first kappa shape index (κ1) is 9.73. The van der Waals surface area contributed by atoms with Gasteiger partial charge in [0.05, 0.1) is 6.61 Å². The van der Waals surface area contributed by atoms with Gasteiger partial charge in [-0.1, -0.05) is 12.1 Å². The number of hydrogen-bond donors (Lipinski definition) is 3. The van der Waals surface area contributed by atoms with Gasteiger partial charge in [-0.25, -0.2) is 4.98 Å². The Morgan fingerprint density at radius 3 is 2.87 bits per heavy atom. The van der Waals surface area contributed by atoms with Crippen molar-refractivity contribution in [2.45, 2.75) is 0 Å². The first-order valence-corrected chi connectivity index (χ1v) is 4.75. The number of aliphatic hydroxyl groups is 1. The number of aromatic hydroxyl groups is 1. The summed E-state index contributed by atoms with van der Waals surface area (Å²) in [5.74, 6) is 0.818. The van der Waals surface area contributed by atoms with E-state index in [1.54, 1.807) is 12.1 Å². The Kier molecular flexibility index (Phi) is 2.69. The molecule has 15 heavy (non-hydrogen) atoms. The van der Waals surface area contributed by atoms with Gasteiger partial charge in [-0.2, -0.15) is 0 Å². The number of anilines is 1. The summed E-state index contributed by atoms with van der Waals surface area (Å²) in [6.07, 6.45) is 0. The van der Waals surface area contributed by atoms with Crippen LogP contribution in [0.25, 0.3) is 10.9 Å². The fraction of sp³-hybridized carbons (Fsp3) is 0.182. The summed E-state index contributed by atoms with van der Waals surface area (Å²) in [6.45, 7) is 0.507. The number of nitrogens with one attached hydrogen (secondary N) is 1. The van der Waals surface area contributed by atoms with Crippen LogP contribution in [-0.4, -0.2) is 28.3 Å². The molecule has 2 rings (SSSR count). The minimum absolute atomic E-state index is 0.0560. The summed E-state index contributed by atoms with van der Waals surface area (Å²) in [6, 6.07) is 8.96. The molecular formula is C11H12N2O2. The third kappa shape index (κ3) is 1.99. The van der Waals surface area contributed by atoms with Crippen molar-refractivity contribution in [3.05, 3.63) is 30.3 Å². The maximum absolute atomic E-state index is 9.58. The molecule has 1 heterocycles. The molecule has 3 N–H and O–H groups in total. The molecule has 2 aromatic rings. The van der Waals surface area contributed by atoms with Crippen molar-refractivity contribution in [1.29, 1.82) is 0 Å². The van der Waals surface area contributed by atoms with Crippen LogP contribution in [0.2, 0.25) is 0 Å². The van der Waals surface area contributed by atoms with Gasteiger partial charge in [-0.3, -0.25) is 0 Å². The minimum atomic E-state index is 0.0560. The van der Waals surface area contributed by atoms with Crippen LogP contribution in [0.4, 0.5) is 5.82 Å². The highest BCUT2D eigenvalue weighted by atomic mass is 16.3. The number of pyridine rings is 1. The maximum atomic E-state index is 9.58. The summed E-state index contributed by atoms with van der Waals surface area (Å²) < 4.78 is 0. The lowest BCUT2D eigenvalue weighted by Gasteiger charge is -2.05. The van der Waals surface area contributed by atoms with E-state index in [0.29, 0.717) is 17.9 Å². The van der Waals surface area contributed by atoms with Crippen LogP contribution in [0.5, 0.6) is 5.75 Å². The standard InChI is InChI=1S/C11H12N2O2/c14-7-6-12-10-5-4-8-2-1-3-9(15)11(8)13-10/h1-5,14-15H,6-7H2,(H,12,13). The van der Waals surface area contributed by atoms with E-state index in [2.05, 4.69) is 10.3 Å². The number of fused-ring (bicyclic) bond motifs is 1. The molecule has 0 radical (unpaired) electrons. The Bertz CT molecular complexity index is 471. The maximum Gasteiger partial charge on any atom is 0.141 e. The summed E-state index contributed by atoms with van der Waals surface area (Å²) in [7, 11) is 0. The van der Waals surface area contributed by atoms with Crippen LogP contribution in [0.15, 0.2) is 30.3 Å². The molecule has 4 heteroatoms. The number of hydrogen-bond acceptors (Lipinski definition) is 4. The normalized spacial score (nSPS) is 10.5. The van der Waals surface area contributed by atoms with Gasteiger partial charge in [-0.15, -0.1) is 0 Å². The first-order valence-electron chi connectivity index (χ1n) is 4.75. The fourth-order valence-electron chi connectivity index (χ4n) is 1.41. The average molecular weight is 204 g/mol. The summed E-state index contributed by atoms with van der Waals surface area (Å²) in [5.41, 5.74) is 0.570. The number of benzene rings is 1. The Balaban J connectivity index is 2.41. The third-order valence-corrected chi connectivity index (χ3v) is 2.12. The van der Waals surface area contributed by atoms with Gasteiger partial charge in [0.2, 0.25) is 0 Å². The zero-order valence-electron chi connectivity index (χ0n) is 8.14. The van der Waals surface area contributed by atoms with Gasteiger partial charge < -0.3 is 15.5 Å². The van der Waals surface area contributed by atoms with Crippen LogP contribution in [0, 0.1) is 0 Å². The number of phenols is 1. The average Bonchev–Trinajstić information content (AvgIpc) is 2.27. The Morgan fingerprint density at radius 2 is 2.07 bits per heavy atom. The second-order valence-corrected chi connectivity index (χ2v) is 3.20. The molecule has 0 saturated carbocycles. The topological polar surface area (TPSA) is 65.4 Å². The zero-order chi connectivity index (χ0) is 10.7. The molecule has 0 amide bonds. The van der Waals surface area contributed by atoms with E-state index in [9.17, 15) is 5.11 Å². The van der Waals surface area contributed by atoms with Gasteiger partial charge >= 0.3 is 0 Å². The van der Waals surface area contributed by atoms with E-state index >= 15 is 0 Å². The monoisotopic (exact) mass is 204 g/mol. The van der Waals surface area contributed by atoms with Crippen LogP contribution in [0.1, 0.15) is 0 Å². The zero-order valence-corrected chi connectivity index (χ0v) is 8.14. The molecule has 78 valence electrons. The van der Waals surface area contributed by atoms with E-state index in [-0.39, 0.29) is 12.4 Å². The van der Waals surface area contributed by atoms with Crippen molar-refractivity contribution in [2.24, 2.45) is 0 Å². The molecule has 1 aromatic heterocycles. The molecule has 0 fully saturated rings. The summed E-state index contributed by atoms with van der Waals surface area (Å²) in [5, 5.41) is 22.1. The first-order chi connectivity index (χ1) is 7.31. The van der Waals surface area contributed by atoms with Gasteiger partial charge in [-0.05, 0) is 18.2 Å². The number of rotatable bonds is 3. The SMILES string of the molecule is OCCNc1ccc2cccc(O)c2n1. The number of phenolic OH excluding ortho intramolecular Hbond substituents is 1. The predicted molar refractivity (Wildman–Crippen MR) is 59.0 cm³/mol. The molecule has 0 aliphatic rings. The Morgan fingerprint density at radius 1 is 1.20 bits per heavy atom. The van der Waals surface area contributed by atoms with Gasteiger partial charge in [0.1, 0.15) is 17.1 Å². The van der Waals surface area contributed by atoms with E-state index in [0.717, 1.165) is 5.39 Å². The molecule has 0 spiro atoms. The lowest BCUT2D eigenvalue weighted by molar-refractivity contribution is 0.311. The van der Waals surface area contributed by atoms with E-state index < -0.39 is 0 Å². The Hall–Kier alpha value is -1.81.